The number of carbonyl (C=O) groups excluding carboxylic acids is 2. The summed E-state index contributed by atoms with van der Waals surface area (Å²) in [6.07, 6.45) is 6.62. The first-order chi connectivity index (χ1) is 14.9. The van der Waals surface area contributed by atoms with Gasteiger partial charge in [0.15, 0.2) is 5.78 Å². The van der Waals surface area contributed by atoms with Crippen molar-refractivity contribution >= 4 is 36.2 Å². The fourth-order valence-electron chi connectivity index (χ4n) is 3.64. The van der Waals surface area contributed by atoms with Crippen molar-refractivity contribution in [2.24, 2.45) is 0 Å². The minimum atomic E-state index is -0.588. The number of hydrogen-bond acceptors (Lipinski definition) is 5. The molecule has 0 saturated carbocycles. The van der Waals surface area contributed by atoms with E-state index in [-0.39, 0.29) is 30.4 Å². The molecule has 0 unspecified atom stereocenters. The van der Waals surface area contributed by atoms with Crippen LogP contribution in [0.3, 0.4) is 0 Å². The van der Waals surface area contributed by atoms with Gasteiger partial charge in [-0.3, -0.25) is 19.7 Å². The van der Waals surface area contributed by atoms with Gasteiger partial charge in [0, 0.05) is 31.3 Å². The van der Waals surface area contributed by atoms with Crippen molar-refractivity contribution in [3.8, 4) is 0 Å². The van der Waals surface area contributed by atoms with E-state index in [1.807, 2.05) is 48.5 Å². The molecule has 6 nitrogen and oxygen atoms in total. The van der Waals surface area contributed by atoms with Gasteiger partial charge in [-0.1, -0.05) is 54.6 Å². The van der Waals surface area contributed by atoms with Gasteiger partial charge >= 0.3 is 0 Å². The van der Waals surface area contributed by atoms with E-state index in [1.54, 1.807) is 23.7 Å². The molecule has 7 heteroatoms. The molecular formula is C25H29ClN2O4. The van der Waals surface area contributed by atoms with Crippen molar-refractivity contribution in [2.75, 3.05) is 13.1 Å². The quantitative estimate of drug-likeness (QED) is 0.283. The van der Waals surface area contributed by atoms with E-state index >= 15 is 0 Å². The smallest absolute Gasteiger partial charge is 0.267 e. The Morgan fingerprint density at radius 2 is 1.50 bits per heavy atom. The lowest BCUT2D eigenvalue weighted by atomic mass is 10.1. The highest BCUT2D eigenvalue weighted by Gasteiger charge is 2.21. The third-order valence-electron chi connectivity index (χ3n) is 5.04. The Labute approximate surface area is 194 Å². The van der Waals surface area contributed by atoms with Gasteiger partial charge in [-0.2, -0.15) is 0 Å². The summed E-state index contributed by atoms with van der Waals surface area (Å²) in [7, 11) is 0. The summed E-state index contributed by atoms with van der Waals surface area (Å²) in [4.78, 5) is 25.9. The number of benzene rings is 2. The number of carbonyl (C=O) groups is 2. The van der Waals surface area contributed by atoms with Crippen LogP contribution in [0.4, 0.5) is 0 Å². The number of allylic oxidation sites excluding steroid dienone is 1. The molecule has 0 bridgehead atoms. The third kappa shape index (κ3) is 7.73. The van der Waals surface area contributed by atoms with Crippen LogP contribution in [0.2, 0.25) is 0 Å². The Kier molecular flexibility index (Phi) is 9.81. The first-order valence-electron chi connectivity index (χ1n) is 10.3. The zero-order valence-corrected chi connectivity index (χ0v) is 19.0. The molecule has 1 aliphatic rings. The lowest BCUT2D eigenvalue weighted by Gasteiger charge is -2.35. The van der Waals surface area contributed by atoms with Gasteiger partial charge in [0.1, 0.15) is 0 Å². The first kappa shape index (κ1) is 25.5. The largest absolute Gasteiger partial charge is 0.373 e. The normalized spacial score (nSPS) is 19.1. The second kappa shape index (κ2) is 12.3. The van der Waals surface area contributed by atoms with Gasteiger partial charge < -0.3 is 4.74 Å². The van der Waals surface area contributed by atoms with Gasteiger partial charge in [0.25, 0.3) is 5.91 Å². The van der Waals surface area contributed by atoms with Crippen molar-refractivity contribution in [1.29, 1.82) is 0 Å². The van der Waals surface area contributed by atoms with Crippen LogP contribution in [-0.4, -0.2) is 47.1 Å². The van der Waals surface area contributed by atoms with Crippen molar-refractivity contribution in [2.45, 2.75) is 32.6 Å². The SMILES string of the molecule is C[C@@H]1CN(Cc2ccc(C(=O)C=Cc3ccc(C=CC(=O)NO)cc3)cc2)C[C@H](C)O1.Cl. The lowest BCUT2D eigenvalue weighted by molar-refractivity contribution is -0.124. The molecule has 0 spiro atoms. The highest BCUT2D eigenvalue weighted by molar-refractivity contribution is 6.06. The zero-order valence-electron chi connectivity index (χ0n) is 18.2. The number of hydrogen-bond donors (Lipinski definition) is 2. The minimum absolute atomic E-state index is 0. The third-order valence-corrected chi connectivity index (χ3v) is 5.04. The second-order valence-electron chi connectivity index (χ2n) is 7.82. The number of ether oxygens (including phenoxy) is 1. The molecular weight excluding hydrogens is 428 g/mol. The maximum Gasteiger partial charge on any atom is 0.267 e. The zero-order chi connectivity index (χ0) is 22.2. The maximum atomic E-state index is 12.5. The van der Waals surface area contributed by atoms with Crippen molar-refractivity contribution < 1.29 is 19.5 Å². The van der Waals surface area contributed by atoms with E-state index in [0.29, 0.717) is 5.56 Å². The number of nitrogens with zero attached hydrogens (tertiary/aromatic N) is 1. The maximum absolute atomic E-state index is 12.5. The fraction of sp³-hybridized carbons (Fsp3) is 0.280. The summed E-state index contributed by atoms with van der Waals surface area (Å²) in [6, 6.07) is 15.1. The minimum Gasteiger partial charge on any atom is -0.373 e. The molecule has 0 aromatic heterocycles. The fourth-order valence-corrected chi connectivity index (χ4v) is 3.64. The molecule has 1 saturated heterocycles. The van der Waals surface area contributed by atoms with Crippen LogP contribution in [0.25, 0.3) is 12.2 Å². The van der Waals surface area contributed by atoms with Crippen molar-refractivity contribution in [1.82, 2.24) is 10.4 Å². The number of rotatable bonds is 7. The molecule has 1 fully saturated rings. The average Bonchev–Trinajstić information content (AvgIpc) is 2.76. The number of ketones is 1. The topological polar surface area (TPSA) is 78.9 Å². The molecule has 2 aromatic carbocycles. The van der Waals surface area contributed by atoms with Crippen LogP contribution in [0, 0.1) is 0 Å². The van der Waals surface area contributed by atoms with Crippen LogP contribution in [0.5, 0.6) is 0 Å². The second-order valence-corrected chi connectivity index (χ2v) is 7.82. The highest BCUT2D eigenvalue weighted by Crippen LogP contribution is 2.15. The van der Waals surface area contributed by atoms with E-state index in [1.165, 1.54) is 11.6 Å². The van der Waals surface area contributed by atoms with E-state index in [9.17, 15) is 9.59 Å². The summed E-state index contributed by atoms with van der Waals surface area (Å²) in [5.74, 6) is -0.640. The molecule has 0 radical (unpaired) electrons. The summed E-state index contributed by atoms with van der Waals surface area (Å²) in [6.45, 7) is 6.87. The van der Waals surface area contributed by atoms with Gasteiger partial charge in [0.2, 0.25) is 0 Å². The summed E-state index contributed by atoms with van der Waals surface area (Å²) in [5, 5.41) is 8.48. The molecule has 32 heavy (non-hydrogen) atoms. The molecule has 2 aromatic rings. The van der Waals surface area contributed by atoms with E-state index in [4.69, 9.17) is 9.94 Å². The predicted octanol–water partition coefficient (Wildman–Crippen LogP) is 4.13. The van der Waals surface area contributed by atoms with E-state index in [0.717, 1.165) is 30.8 Å². The Hall–Kier alpha value is -2.77. The molecule has 2 N–H and O–H groups in total. The molecule has 2 atom stereocenters. The van der Waals surface area contributed by atoms with Crippen LogP contribution in [0.1, 0.15) is 40.9 Å². The molecule has 1 heterocycles. The number of nitrogens with one attached hydrogen (secondary N) is 1. The molecule has 0 aliphatic carbocycles. The Morgan fingerprint density at radius 3 is 2.03 bits per heavy atom. The number of morpholine rings is 1. The molecule has 170 valence electrons. The highest BCUT2D eigenvalue weighted by atomic mass is 35.5. The average molecular weight is 457 g/mol. The Morgan fingerprint density at radius 1 is 0.969 bits per heavy atom. The summed E-state index contributed by atoms with van der Waals surface area (Å²) < 4.78 is 5.78. The Balaban J connectivity index is 0.00000363. The molecule has 3 rings (SSSR count). The summed E-state index contributed by atoms with van der Waals surface area (Å²) >= 11 is 0. The number of halogens is 1. The van der Waals surface area contributed by atoms with Gasteiger partial charge in [0.05, 0.1) is 12.2 Å². The van der Waals surface area contributed by atoms with Crippen molar-refractivity contribution in [3.63, 3.8) is 0 Å². The standard InChI is InChI=1S/C25H28N2O4.ClH/c1-18-15-27(16-19(2)31-18)17-22-7-11-23(12-8-22)24(28)13-9-20-3-5-21(6-4-20)10-14-25(29)26-30;/h3-14,18-19,30H,15-17H2,1-2H3,(H,26,29);1H/t18-,19+;. The molecule has 1 amide bonds. The Bertz CT molecular complexity index is 945. The van der Waals surface area contributed by atoms with E-state index in [2.05, 4.69) is 18.7 Å². The monoisotopic (exact) mass is 456 g/mol. The van der Waals surface area contributed by atoms with Crippen LogP contribution in [-0.2, 0) is 16.1 Å². The first-order valence-corrected chi connectivity index (χ1v) is 10.3. The summed E-state index contributed by atoms with van der Waals surface area (Å²) in [5.41, 5.74) is 5.06. The number of hydroxylamine groups is 1. The predicted molar refractivity (Wildman–Crippen MR) is 128 cm³/mol. The lowest BCUT2D eigenvalue weighted by Crippen LogP contribution is -2.44. The van der Waals surface area contributed by atoms with Crippen LogP contribution < -0.4 is 5.48 Å². The van der Waals surface area contributed by atoms with Crippen LogP contribution >= 0.6 is 12.4 Å². The van der Waals surface area contributed by atoms with Gasteiger partial charge in [-0.15, -0.1) is 12.4 Å². The van der Waals surface area contributed by atoms with E-state index < -0.39 is 5.91 Å². The van der Waals surface area contributed by atoms with Crippen LogP contribution in [0.15, 0.2) is 60.7 Å². The number of amides is 1. The van der Waals surface area contributed by atoms with Gasteiger partial charge in [-0.05, 0) is 42.7 Å². The van der Waals surface area contributed by atoms with Crippen molar-refractivity contribution in [3.05, 3.63) is 82.9 Å². The van der Waals surface area contributed by atoms with Gasteiger partial charge in [-0.25, -0.2) is 5.48 Å². The molecule has 1 aliphatic heterocycles.